The number of hydrogen-bond acceptors (Lipinski definition) is 7. The second-order valence-electron chi connectivity index (χ2n) is 9.13. The summed E-state index contributed by atoms with van der Waals surface area (Å²) in [5, 5.41) is 5.40. The highest BCUT2D eigenvalue weighted by molar-refractivity contribution is 7.92. The van der Waals surface area contributed by atoms with Crippen molar-refractivity contribution in [2.75, 3.05) is 11.3 Å². The molecule has 0 bridgehead atoms. The Balaban J connectivity index is 1.39. The first-order chi connectivity index (χ1) is 18.7. The molecule has 1 fully saturated rings. The van der Waals surface area contributed by atoms with Gasteiger partial charge >= 0.3 is 0 Å². The van der Waals surface area contributed by atoms with Gasteiger partial charge in [0.2, 0.25) is 0 Å². The normalized spacial score (nSPS) is 16.0. The van der Waals surface area contributed by atoms with E-state index >= 15 is 4.39 Å². The molecule has 0 spiro atoms. The number of sulfonamides is 1. The van der Waals surface area contributed by atoms with Crippen molar-refractivity contribution in [2.24, 2.45) is 0 Å². The minimum Gasteiger partial charge on any atom is -0.487 e. The van der Waals surface area contributed by atoms with Gasteiger partial charge in [-0.1, -0.05) is 6.92 Å². The molecule has 13 heteroatoms. The van der Waals surface area contributed by atoms with Crippen molar-refractivity contribution in [2.45, 2.75) is 57.3 Å². The fraction of sp³-hybridized carbons (Fsp3) is 0.346. The molecule has 1 saturated heterocycles. The van der Waals surface area contributed by atoms with Crippen LogP contribution < -0.4 is 9.46 Å². The van der Waals surface area contributed by atoms with Crippen molar-refractivity contribution in [3.63, 3.8) is 0 Å². The van der Waals surface area contributed by atoms with Gasteiger partial charge in [-0.15, -0.1) is 0 Å². The molecule has 4 heterocycles. The summed E-state index contributed by atoms with van der Waals surface area (Å²) in [5.41, 5.74) is 0.415. The molecular formula is C26H26F3N5O4S. The number of anilines is 1. The minimum atomic E-state index is -4.41. The van der Waals surface area contributed by atoms with E-state index in [9.17, 15) is 17.2 Å². The second kappa shape index (κ2) is 10.8. The fourth-order valence-corrected chi connectivity index (χ4v) is 5.71. The second-order valence-corrected chi connectivity index (χ2v) is 10.8. The minimum absolute atomic E-state index is 0.0164. The molecule has 9 nitrogen and oxygen atoms in total. The lowest BCUT2D eigenvalue weighted by Crippen LogP contribution is -2.19. The third-order valence-corrected chi connectivity index (χ3v) is 7.95. The van der Waals surface area contributed by atoms with E-state index in [1.54, 1.807) is 10.7 Å². The Morgan fingerprint density at radius 2 is 1.97 bits per heavy atom. The zero-order chi connectivity index (χ0) is 27.7. The summed E-state index contributed by atoms with van der Waals surface area (Å²) in [5.74, 6) is -2.70. The van der Waals surface area contributed by atoms with Crippen molar-refractivity contribution in [1.82, 2.24) is 19.7 Å². The van der Waals surface area contributed by atoms with Crippen LogP contribution in [0.2, 0.25) is 0 Å². The van der Waals surface area contributed by atoms with E-state index in [0.717, 1.165) is 54.7 Å². The van der Waals surface area contributed by atoms with Crippen LogP contribution >= 0.6 is 0 Å². The third kappa shape index (κ3) is 5.41. The maximum absolute atomic E-state index is 15.3. The molecule has 0 saturated carbocycles. The number of nitrogens with zero attached hydrogens (tertiary/aromatic N) is 4. The van der Waals surface area contributed by atoms with Crippen LogP contribution in [0.4, 0.5) is 18.9 Å². The average molecular weight is 562 g/mol. The molecule has 1 N–H and O–H groups in total. The lowest BCUT2D eigenvalue weighted by molar-refractivity contribution is -0.0372. The molecule has 206 valence electrons. The van der Waals surface area contributed by atoms with Crippen molar-refractivity contribution in [1.29, 1.82) is 0 Å². The van der Waals surface area contributed by atoms with Gasteiger partial charge in [0.15, 0.2) is 17.7 Å². The summed E-state index contributed by atoms with van der Waals surface area (Å²) in [6, 6.07) is 4.33. The molecule has 5 rings (SSSR count). The number of benzene rings is 1. The predicted octanol–water partition coefficient (Wildman–Crippen LogP) is 5.19. The van der Waals surface area contributed by atoms with Gasteiger partial charge in [0.05, 0.1) is 35.0 Å². The Labute approximate surface area is 223 Å². The standard InChI is InChI=1S/C26H26F3N5O4S/c1-3-21-18-11-17(13-31-26(18)34(32-21)24-6-4-5-9-37-24)38-14-19-20(28)7-8-22(25(19)29)33-39(35,36)23-10-16(27)12-30-15(23)2/h7-8,10-13,24,33H,3-6,9,14H2,1-2H3. The van der Waals surface area contributed by atoms with Crippen molar-refractivity contribution in [3.8, 4) is 5.75 Å². The van der Waals surface area contributed by atoms with Crippen LogP contribution in [0.1, 0.15) is 49.4 Å². The molecule has 0 aliphatic carbocycles. The van der Waals surface area contributed by atoms with Crippen LogP contribution in [0.15, 0.2) is 41.6 Å². The highest BCUT2D eigenvalue weighted by atomic mass is 32.2. The number of aryl methyl sites for hydroxylation is 2. The molecule has 1 atom stereocenters. The molecule has 0 radical (unpaired) electrons. The van der Waals surface area contributed by atoms with E-state index in [-0.39, 0.29) is 17.7 Å². The first-order valence-electron chi connectivity index (χ1n) is 12.4. The lowest BCUT2D eigenvalue weighted by Gasteiger charge is -2.23. The smallest absolute Gasteiger partial charge is 0.263 e. The van der Waals surface area contributed by atoms with Crippen LogP contribution in [-0.2, 0) is 27.8 Å². The van der Waals surface area contributed by atoms with Crippen LogP contribution in [-0.4, -0.2) is 34.8 Å². The van der Waals surface area contributed by atoms with E-state index in [1.165, 1.54) is 13.1 Å². The number of hydrogen-bond donors (Lipinski definition) is 1. The van der Waals surface area contributed by atoms with Crippen molar-refractivity contribution in [3.05, 3.63) is 71.1 Å². The predicted molar refractivity (Wildman–Crippen MR) is 136 cm³/mol. The Kier molecular flexibility index (Phi) is 7.45. The number of ether oxygens (including phenoxy) is 2. The van der Waals surface area contributed by atoms with Crippen LogP contribution in [0.5, 0.6) is 5.75 Å². The third-order valence-electron chi connectivity index (χ3n) is 6.47. The summed E-state index contributed by atoms with van der Waals surface area (Å²) < 4.78 is 84.3. The summed E-state index contributed by atoms with van der Waals surface area (Å²) >= 11 is 0. The molecular weight excluding hydrogens is 535 g/mol. The SMILES string of the molecule is CCc1nn(C2CCCCO2)c2ncc(OCc3c(F)ccc(NS(=O)(=O)c4cc(F)cnc4C)c3F)cc12. The number of rotatable bonds is 8. The summed E-state index contributed by atoms with van der Waals surface area (Å²) in [7, 11) is -4.41. The number of fused-ring (bicyclic) bond motifs is 1. The van der Waals surface area contributed by atoms with Crippen molar-refractivity contribution < 1.29 is 31.1 Å². The zero-order valence-corrected chi connectivity index (χ0v) is 22.1. The van der Waals surface area contributed by atoms with Gasteiger partial charge in [-0.3, -0.25) is 9.71 Å². The molecule has 1 aliphatic rings. The van der Waals surface area contributed by atoms with Crippen LogP contribution in [0.25, 0.3) is 11.0 Å². The fourth-order valence-electron chi connectivity index (χ4n) is 4.45. The highest BCUT2D eigenvalue weighted by Gasteiger charge is 2.24. The number of nitrogens with one attached hydrogen (secondary N) is 1. The Morgan fingerprint density at radius 3 is 2.72 bits per heavy atom. The van der Waals surface area contributed by atoms with Gasteiger partial charge in [-0.2, -0.15) is 5.10 Å². The van der Waals surface area contributed by atoms with E-state index in [1.807, 2.05) is 11.6 Å². The Bertz CT molecular complexity index is 1640. The van der Waals surface area contributed by atoms with Gasteiger partial charge < -0.3 is 9.47 Å². The summed E-state index contributed by atoms with van der Waals surface area (Å²) in [4.78, 5) is 7.69. The van der Waals surface area contributed by atoms with E-state index in [4.69, 9.17) is 9.47 Å². The van der Waals surface area contributed by atoms with Gasteiger partial charge in [0.1, 0.15) is 28.9 Å². The van der Waals surface area contributed by atoms with E-state index in [0.29, 0.717) is 18.7 Å². The van der Waals surface area contributed by atoms with E-state index < -0.39 is 50.2 Å². The quantitative estimate of drug-likeness (QED) is 0.315. The van der Waals surface area contributed by atoms with Gasteiger partial charge in [-0.25, -0.2) is 31.3 Å². The first-order valence-corrected chi connectivity index (χ1v) is 13.9. The maximum atomic E-state index is 15.3. The molecule has 39 heavy (non-hydrogen) atoms. The zero-order valence-electron chi connectivity index (χ0n) is 21.2. The largest absolute Gasteiger partial charge is 0.487 e. The number of pyridine rings is 2. The molecule has 4 aromatic rings. The van der Waals surface area contributed by atoms with Gasteiger partial charge in [0, 0.05) is 12.0 Å². The molecule has 1 aromatic carbocycles. The molecule has 1 unspecified atom stereocenters. The number of aromatic nitrogens is 4. The highest BCUT2D eigenvalue weighted by Crippen LogP contribution is 2.30. The van der Waals surface area contributed by atoms with Gasteiger partial charge in [0.25, 0.3) is 10.0 Å². The number of halogens is 3. The lowest BCUT2D eigenvalue weighted by atomic mass is 10.2. The molecule has 0 amide bonds. The topological polar surface area (TPSA) is 108 Å². The maximum Gasteiger partial charge on any atom is 0.263 e. The Morgan fingerprint density at radius 1 is 1.15 bits per heavy atom. The summed E-state index contributed by atoms with van der Waals surface area (Å²) in [6.45, 7) is 3.44. The average Bonchev–Trinajstić information content (AvgIpc) is 3.30. The monoisotopic (exact) mass is 561 g/mol. The van der Waals surface area contributed by atoms with E-state index in [2.05, 4.69) is 15.1 Å². The molecule has 1 aliphatic heterocycles. The molecule has 3 aromatic heterocycles. The van der Waals surface area contributed by atoms with Crippen LogP contribution in [0.3, 0.4) is 0 Å². The summed E-state index contributed by atoms with van der Waals surface area (Å²) in [6.07, 6.45) is 5.58. The Hall–Kier alpha value is -3.71. The van der Waals surface area contributed by atoms with Crippen LogP contribution in [0, 0.1) is 24.4 Å². The van der Waals surface area contributed by atoms with Crippen molar-refractivity contribution >= 4 is 26.7 Å². The first kappa shape index (κ1) is 26.9. The van der Waals surface area contributed by atoms with Gasteiger partial charge in [-0.05, 0) is 56.9 Å².